The molecule has 1 rings (SSSR count). The number of carbonyl (C=O) groups is 1. The van der Waals surface area contributed by atoms with E-state index in [4.69, 9.17) is 11.5 Å². The van der Waals surface area contributed by atoms with Crippen molar-refractivity contribution >= 4 is 33.3 Å². The normalized spacial score (nSPS) is 9.67. The zero-order chi connectivity index (χ0) is 11.3. The van der Waals surface area contributed by atoms with Crippen LogP contribution in [-0.4, -0.2) is 19.1 Å². The molecule has 0 bridgehead atoms. The van der Waals surface area contributed by atoms with Gasteiger partial charge in [-0.25, -0.2) is 4.79 Å². The lowest BCUT2D eigenvalue weighted by atomic mass is 10.3. The van der Waals surface area contributed by atoms with Gasteiger partial charge in [0.2, 0.25) is 0 Å². The van der Waals surface area contributed by atoms with Gasteiger partial charge in [-0.3, -0.25) is 0 Å². The van der Waals surface area contributed by atoms with Crippen molar-refractivity contribution in [2.24, 2.45) is 5.73 Å². The smallest absolute Gasteiger partial charge is 0.312 e. The van der Waals surface area contributed by atoms with Gasteiger partial charge < -0.3 is 22.1 Å². The first-order valence-corrected chi connectivity index (χ1v) is 5.21. The first kappa shape index (κ1) is 11.6. The molecule has 0 aliphatic carbocycles. The minimum Gasteiger partial charge on any atom is -0.397 e. The van der Waals surface area contributed by atoms with Gasteiger partial charge in [-0.15, -0.1) is 0 Å². The third-order valence-corrected chi connectivity index (χ3v) is 2.25. The number of urea groups is 1. The monoisotopic (exact) mass is 272 g/mol. The molecule has 0 radical (unpaired) electrons. The lowest BCUT2D eigenvalue weighted by Crippen LogP contribution is -2.33. The zero-order valence-electron chi connectivity index (χ0n) is 8.09. The molecule has 0 aromatic heterocycles. The van der Waals surface area contributed by atoms with Gasteiger partial charge in [0.1, 0.15) is 0 Å². The molecule has 0 unspecified atom stereocenters. The van der Waals surface area contributed by atoms with Gasteiger partial charge >= 0.3 is 6.03 Å². The molecular weight excluding hydrogens is 260 g/mol. The highest BCUT2D eigenvalue weighted by Crippen LogP contribution is 2.22. The number of hydrogen-bond donors (Lipinski definition) is 4. The number of rotatable bonds is 4. The van der Waals surface area contributed by atoms with Crippen LogP contribution in [0.1, 0.15) is 0 Å². The zero-order valence-corrected chi connectivity index (χ0v) is 9.67. The largest absolute Gasteiger partial charge is 0.397 e. The van der Waals surface area contributed by atoms with Crippen LogP contribution in [0.3, 0.4) is 0 Å². The van der Waals surface area contributed by atoms with Gasteiger partial charge in [0.15, 0.2) is 0 Å². The number of benzene rings is 1. The molecule has 0 saturated carbocycles. The molecule has 0 fully saturated rings. The van der Waals surface area contributed by atoms with Gasteiger partial charge in [0.25, 0.3) is 0 Å². The van der Waals surface area contributed by atoms with E-state index in [9.17, 15) is 4.79 Å². The standard InChI is InChI=1S/C9H13BrN4O/c10-6-1-2-8(7(11)5-6)13-3-4-14-9(12)15/h1-2,5,13H,3-4,11H2,(H3,12,14,15). The van der Waals surface area contributed by atoms with Crippen molar-refractivity contribution in [2.75, 3.05) is 24.1 Å². The number of carbonyl (C=O) groups excluding carboxylic acids is 1. The van der Waals surface area contributed by atoms with Gasteiger partial charge in [-0.1, -0.05) is 15.9 Å². The van der Waals surface area contributed by atoms with E-state index < -0.39 is 6.03 Å². The quantitative estimate of drug-likeness (QED) is 0.489. The summed E-state index contributed by atoms with van der Waals surface area (Å²) in [5.41, 5.74) is 12.2. The number of nitrogen functional groups attached to an aromatic ring is 1. The van der Waals surface area contributed by atoms with Crippen molar-refractivity contribution in [1.29, 1.82) is 0 Å². The highest BCUT2D eigenvalue weighted by Gasteiger charge is 1.98. The van der Waals surface area contributed by atoms with Gasteiger partial charge in [-0.05, 0) is 18.2 Å². The molecular formula is C9H13BrN4O. The molecule has 0 spiro atoms. The number of nitrogens with one attached hydrogen (secondary N) is 2. The summed E-state index contributed by atoms with van der Waals surface area (Å²) in [7, 11) is 0. The Morgan fingerprint density at radius 1 is 1.40 bits per heavy atom. The van der Waals surface area contributed by atoms with Crippen molar-refractivity contribution in [1.82, 2.24) is 5.32 Å². The van der Waals surface area contributed by atoms with Crippen LogP contribution in [0.25, 0.3) is 0 Å². The Balaban J connectivity index is 2.40. The van der Waals surface area contributed by atoms with Gasteiger partial charge in [-0.2, -0.15) is 0 Å². The van der Waals surface area contributed by atoms with Gasteiger partial charge in [0, 0.05) is 17.6 Å². The minimum atomic E-state index is -0.527. The maximum atomic E-state index is 10.4. The summed E-state index contributed by atoms with van der Waals surface area (Å²) >= 11 is 3.32. The summed E-state index contributed by atoms with van der Waals surface area (Å²) in [5.74, 6) is 0. The summed E-state index contributed by atoms with van der Waals surface area (Å²) in [4.78, 5) is 10.4. The topological polar surface area (TPSA) is 93.2 Å². The summed E-state index contributed by atoms with van der Waals surface area (Å²) < 4.78 is 0.931. The average Bonchev–Trinajstić information content (AvgIpc) is 2.14. The van der Waals surface area contributed by atoms with Crippen molar-refractivity contribution in [3.63, 3.8) is 0 Å². The Morgan fingerprint density at radius 2 is 2.13 bits per heavy atom. The number of amides is 2. The second-order valence-electron chi connectivity index (χ2n) is 2.95. The highest BCUT2D eigenvalue weighted by atomic mass is 79.9. The number of anilines is 2. The number of hydrogen-bond acceptors (Lipinski definition) is 3. The molecule has 5 nitrogen and oxygen atoms in total. The second-order valence-corrected chi connectivity index (χ2v) is 3.87. The van der Waals surface area contributed by atoms with Crippen molar-refractivity contribution in [3.05, 3.63) is 22.7 Å². The fourth-order valence-electron chi connectivity index (χ4n) is 1.08. The maximum Gasteiger partial charge on any atom is 0.312 e. The van der Waals surface area contributed by atoms with Crippen LogP contribution in [0.2, 0.25) is 0 Å². The average molecular weight is 273 g/mol. The predicted octanol–water partition coefficient (Wildman–Crippen LogP) is 1.11. The van der Waals surface area contributed by atoms with E-state index >= 15 is 0 Å². The molecule has 0 atom stereocenters. The Morgan fingerprint density at radius 3 is 2.73 bits per heavy atom. The molecule has 15 heavy (non-hydrogen) atoms. The number of nitrogens with two attached hydrogens (primary N) is 2. The first-order chi connectivity index (χ1) is 7.09. The molecule has 1 aromatic rings. The molecule has 2 amide bonds. The molecule has 6 N–H and O–H groups in total. The SMILES string of the molecule is NC(=O)NCCNc1ccc(Br)cc1N. The lowest BCUT2D eigenvalue weighted by Gasteiger charge is -2.09. The van der Waals surface area contributed by atoms with Crippen LogP contribution >= 0.6 is 15.9 Å². The molecule has 1 aromatic carbocycles. The minimum absolute atomic E-state index is 0.463. The molecule has 0 heterocycles. The summed E-state index contributed by atoms with van der Waals surface area (Å²) in [6.45, 7) is 1.04. The third kappa shape index (κ3) is 4.07. The van der Waals surface area contributed by atoms with Crippen molar-refractivity contribution in [2.45, 2.75) is 0 Å². The van der Waals surface area contributed by atoms with Crippen molar-refractivity contribution < 1.29 is 4.79 Å². The Kier molecular flexibility index (Phi) is 4.23. The Hall–Kier alpha value is -1.43. The molecule has 0 aliphatic rings. The molecule has 82 valence electrons. The van der Waals surface area contributed by atoms with Crippen LogP contribution < -0.4 is 22.1 Å². The fraction of sp³-hybridized carbons (Fsp3) is 0.222. The first-order valence-electron chi connectivity index (χ1n) is 4.42. The number of halogens is 1. The summed E-state index contributed by atoms with van der Waals surface area (Å²) in [6.07, 6.45) is 0. The fourth-order valence-corrected chi connectivity index (χ4v) is 1.46. The van der Waals surface area contributed by atoms with E-state index in [1.807, 2.05) is 18.2 Å². The third-order valence-electron chi connectivity index (χ3n) is 1.75. The lowest BCUT2D eigenvalue weighted by molar-refractivity contribution is 0.249. The van der Waals surface area contributed by atoms with E-state index in [-0.39, 0.29) is 0 Å². The van der Waals surface area contributed by atoms with Crippen LogP contribution in [0.5, 0.6) is 0 Å². The van der Waals surface area contributed by atoms with E-state index in [1.54, 1.807) is 0 Å². The second kappa shape index (κ2) is 5.45. The highest BCUT2D eigenvalue weighted by molar-refractivity contribution is 9.10. The number of primary amides is 1. The van der Waals surface area contributed by atoms with E-state index in [0.29, 0.717) is 18.8 Å². The van der Waals surface area contributed by atoms with Crippen LogP contribution in [-0.2, 0) is 0 Å². The van der Waals surface area contributed by atoms with Crippen LogP contribution in [0.4, 0.5) is 16.2 Å². The maximum absolute atomic E-state index is 10.4. The van der Waals surface area contributed by atoms with Crippen molar-refractivity contribution in [3.8, 4) is 0 Å². The Bertz CT molecular complexity index is 356. The summed E-state index contributed by atoms with van der Waals surface area (Å²) in [6, 6.07) is 5.04. The molecule has 0 aliphatic heterocycles. The Labute approximate surface area is 96.3 Å². The van der Waals surface area contributed by atoms with E-state index in [0.717, 1.165) is 10.2 Å². The predicted molar refractivity (Wildman–Crippen MR) is 64.6 cm³/mol. The van der Waals surface area contributed by atoms with E-state index in [1.165, 1.54) is 0 Å². The van der Waals surface area contributed by atoms with Crippen LogP contribution in [0, 0.1) is 0 Å². The molecule has 0 saturated heterocycles. The van der Waals surface area contributed by atoms with E-state index in [2.05, 4.69) is 26.6 Å². The summed E-state index contributed by atoms with van der Waals surface area (Å²) in [5, 5.41) is 5.55. The molecule has 6 heteroatoms. The van der Waals surface area contributed by atoms with Crippen LogP contribution in [0.15, 0.2) is 22.7 Å². The van der Waals surface area contributed by atoms with Gasteiger partial charge in [0.05, 0.1) is 11.4 Å².